The van der Waals surface area contributed by atoms with Crippen molar-refractivity contribution < 1.29 is 0 Å². The van der Waals surface area contributed by atoms with Crippen LogP contribution in [-0.4, -0.2) is 31.2 Å². The standard InChI is InChI=1S/C10H19N5S/c1-3-16-9-5-4-8(6-9)15-10(7(2)11)12-13-14-15/h7-9H,3-6,11H2,1-2H3. The fourth-order valence-corrected chi connectivity index (χ4v) is 3.42. The fraction of sp³-hybridized carbons (Fsp3) is 0.900. The molecule has 1 aliphatic carbocycles. The van der Waals surface area contributed by atoms with E-state index in [4.69, 9.17) is 5.73 Å². The first-order valence-corrected chi connectivity index (χ1v) is 6.92. The van der Waals surface area contributed by atoms with Crippen molar-refractivity contribution >= 4 is 11.8 Å². The Bertz CT molecular complexity index is 338. The molecule has 0 bridgehead atoms. The third kappa shape index (κ3) is 2.38. The number of aromatic nitrogens is 4. The highest BCUT2D eigenvalue weighted by atomic mass is 32.2. The second-order valence-electron chi connectivity index (χ2n) is 4.31. The van der Waals surface area contributed by atoms with Gasteiger partial charge in [-0.3, -0.25) is 0 Å². The number of hydrogen-bond donors (Lipinski definition) is 1. The molecule has 6 heteroatoms. The molecule has 90 valence electrons. The maximum atomic E-state index is 5.85. The van der Waals surface area contributed by atoms with Crippen LogP contribution in [0.2, 0.25) is 0 Å². The minimum atomic E-state index is -0.0899. The van der Waals surface area contributed by atoms with Crippen molar-refractivity contribution in [1.29, 1.82) is 0 Å². The molecule has 2 N–H and O–H groups in total. The lowest BCUT2D eigenvalue weighted by Crippen LogP contribution is -2.18. The molecule has 0 spiro atoms. The molecule has 1 aromatic heterocycles. The Kier molecular flexibility index (Phi) is 3.81. The molecule has 0 saturated heterocycles. The molecule has 1 fully saturated rings. The third-order valence-electron chi connectivity index (χ3n) is 3.03. The summed E-state index contributed by atoms with van der Waals surface area (Å²) in [7, 11) is 0. The monoisotopic (exact) mass is 241 g/mol. The largest absolute Gasteiger partial charge is 0.322 e. The zero-order valence-corrected chi connectivity index (χ0v) is 10.7. The van der Waals surface area contributed by atoms with E-state index in [1.807, 2.05) is 23.4 Å². The number of hydrogen-bond acceptors (Lipinski definition) is 5. The first-order chi connectivity index (χ1) is 7.72. The van der Waals surface area contributed by atoms with Gasteiger partial charge >= 0.3 is 0 Å². The molecule has 3 atom stereocenters. The van der Waals surface area contributed by atoms with Gasteiger partial charge in [0.15, 0.2) is 5.82 Å². The summed E-state index contributed by atoms with van der Waals surface area (Å²) >= 11 is 2.04. The molecule has 16 heavy (non-hydrogen) atoms. The Balaban J connectivity index is 2.05. The van der Waals surface area contributed by atoms with Crippen molar-refractivity contribution in [2.24, 2.45) is 5.73 Å². The van der Waals surface area contributed by atoms with Crippen LogP contribution in [0, 0.1) is 0 Å². The lowest BCUT2D eigenvalue weighted by atomic mass is 10.2. The first kappa shape index (κ1) is 11.9. The highest BCUT2D eigenvalue weighted by Crippen LogP contribution is 2.37. The average molecular weight is 241 g/mol. The molecule has 0 radical (unpaired) electrons. The summed E-state index contributed by atoms with van der Waals surface area (Å²) in [5.41, 5.74) is 5.85. The minimum Gasteiger partial charge on any atom is -0.322 e. The molecule has 1 aromatic rings. The normalized spacial score (nSPS) is 27.2. The number of thioether (sulfide) groups is 1. The van der Waals surface area contributed by atoms with Gasteiger partial charge in [-0.25, -0.2) is 4.68 Å². The molecule has 0 aromatic carbocycles. The highest BCUT2D eigenvalue weighted by Gasteiger charge is 2.29. The van der Waals surface area contributed by atoms with Crippen molar-refractivity contribution in [3.63, 3.8) is 0 Å². The maximum absolute atomic E-state index is 5.85. The molecular formula is C10H19N5S. The van der Waals surface area contributed by atoms with Crippen LogP contribution in [0.15, 0.2) is 0 Å². The van der Waals surface area contributed by atoms with Crippen molar-refractivity contribution in [3.8, 4) is 0 Å². The smallest absolute Gasteiger partial charge is 0.167 e. The van der Waals surface area contributed by atoms with E-state index in [0.29, 0.717) is 6.04 Å². The van der Waals surface area contributed by atoms with Crippen LogP contribution in [0.4, 0.5) is 0 Å². The van der Waals surface area contributed by atoms with Gasteiger partial charge < -0.3 is 5.73 Å². The van der Waals surface area contributed by atoms with Crippen LogP contribution < -0.4 is 5.73 Å². The van der Waals surface area contributed by atoms with Gasteiger partial charge in [0, 0.05) is 5.25 Å². The van der Waals surface area contributed by atoms with E-state index in [1.54, 1.807) is 0 Å². The Morgan fingerprint density at radius 3 is 3.06 bits per heavy atom. The maximum Gasteiger partial charge on any atom is 0.167 e. The summed E-state index contributed by atoms with van der Waals surface area (Å²) in [5.74, 6) is 2.00. The van der Waals surface area contributed by atoms with E-state index >= 15 is 0 Å². The van der Waals surface area contributed by atoms with Crippen LogP contribution in [0.5, 0.6) is 0 Å². The SMILES string of the molecule is CCSC1CCC(n2nnnc2C(C)N)C1. The zero-order valence-electron chi connectivity index (χ0n) is 9.83. The zero-order chi connectivity index (χ0) is 11.5. The van der Waals surface area contributed by atoms with Crippen molar-refractivity contribution in [3.05, 3.63) is 5.82 Å². The Morgan fingerprint density at radius 1 is 1.56 bits per heavy atom. The molecule has 1 aliphatic rings. The van der Waals surface area contributed by atoms with Crippen LogP contribution in [-0.2, 0) is 0 Å². The van der Waals surface area contributed by atoms with E-state index in [9.17, 15) is 0 Å². The fourth-order valence-electron chi connectivity index (χ4n) is 2.29. The molecule has 1 saturated carbocycles. The van der Waals surface area contributed by atoms with Gasteiger partial charge in [0.2, 0.25) is 0 Å². The van der Waals surface area contributed by atoms with E-state index < -0.39 is 0 Å². The molecule has 3 unspecified atom stereocenters. The number of tetrazole rings is 1. The van der Waals surface area contributed by atoms with Gasteiger partial charge in [0.1, 0.15) is 0 Å². The Labute approximate surface area is 100 Å². The van der Waals surface area contributed by atoms with E-state index in [1.165, 1.54) is 25.0 Å². The van der Waals surface area contributed by atoms with Gasteiger partial charge in [0.25, 0.3) is 0 Å². The Morgan fingerprint density at radius 2 is 2.38 bits per heavy atom. The lowest BCUT2D eigenvalue weighted by molar-refractivity contribution is 0.429. The van der Waals surface area contributed by atoms with Crippen LogP contribution in [0.1, 0.15) is 51.0 Å². The minimum absolute atomic E-state index is 0.0899. The molecular weight excluding hydrogens is 222 g/mol. The second kappa shape index (κ2) is 5.14. The van der Waals surface area contributed by atoms with E-state index in [0.717, 1.165) is 11.1 Å². The summed E-state index contributed by atoms with van der Waals surface area (Å²) in [6, 6.07) is 0.355. The van der Waals surface area contributed by atoms with Crippen molar-refractivity contribution in [1.82, 2.24) is 20.2 Å². The van der Waals surface area contributed by atoms with Gasteiger partial charge in [-0.05, 0) is 42.4 Å². The van der Waals surface area contributed by atoms with Crippen molar-refractivity contribution in [2.75, 3.05) is 5.75 Å². The van der Waals surface area contributed by atoms with Gasteiger partial charge in [0.05, 0.1) is 12.1 Å². The average Bonchev–Trinajstić information content (AvgIpc) is 2.83. The quantitative estimate of drug-likeness (QED) is 0.866. The summed E-state index contributed by atoms with van der Waals surface area (Å²) in [6.45, 7) is 4.14. The van der Waals surface area contributed by atoms with E-state index in [-0.39, 0.29) is 6.04 Å². The molecule has 0 amide bonds. The van der Waals surface area contributed by atoms with Gasteiger partial charge in [-0.2, -0.15) is 11.8 Å². The molecule has 0 aliphatic heterocycles. The van der Waals surface area contributed by atoms with Gasteiger partial charge in [-0.1, -0.05) is 6.92 Å². The van der Waals surface area contributed by atoms with Gasteiger partial charge in [-0.15, -0.1) is 5.10 Å². The summed E-state index contributed by atoms with van der Waals surface area (Å²) in [5, 5.41) is 12.6. The summed E-state index contributed by atoms with van der Waals surface area (Å²) in [4.78, 5) is 0. The van der Waals surface area contributed by atoms with Crippen LogP contribution in [0.3, 0.4) is 0 Å². The number of rotatable bonds is 4. The summed E-state index contributed by atoms with van der Waals surface area (Å²) < 4.78 is 1.93. The second-order valence-corrected chi connectivity index (χ2v) is 5.89. The molecule has 1 heterocycles. The summed E-state index contributed by atoms with van der Waals surface area (Å²) in [6.07, 6.45) is 3.60. The predicted octanol–water partition coefficient (Wildman–Crippen LogP) is 1.54. The van der Waals surface area contributed by atoms with Crippen LogP contribution in [0.25, 0.3) is 0 Å². The van der Waals surface area contributed by atoms with Crippen molar-refractivity contribution in [2.45, 2.75) is 50.4 Å². The predicted molar refractivity (Wildman–Crippen MR) is 65.2 cm³/mol. The highest BCUT2D eigenvalue weighted by molar-refractivity contribution is 7.99. The topological polar surface area (TPSA) is 69.6 Å². The first-order valence-electron chi connectivity index (χ1n) is 5.87. The molecule has 5 nitrogen and oxygen atoms in total. The lowest BCUT2D eigenvalue weighted by Gasteiger charge is -2.13. The Hall–Kier alpha value is -0.620. The third-order valence-corrected chi connectivity index (χ3v) is 4.26. The van der Waals surface area contributed by atoms with Crippen LogP contribution >= 0.6 is 11.8 Å². The van der Waals surface area contributed by atoms with E-state index in [2.05, 4.69) is 22.4 Å². The number of nitrogens with two attached hydrogens (primary N) is 1. The number of nitrogens with zero attached hydrogens (tertiary/aromatic N) is 4. The molecule has 2 rings (SSSR count).